The Morgan fingerprint density at radius 2 is 0.650 bits per heavy atom. The molecule has 0 amide bonds. The highest BCUT2D eigenvalue weighted by Gasteiger charge is 2.46. The topological polar surface area (TPSA) is 11.4 Å². The second-order valence-electron chi connectivity index (χ2n) is 29.6. The number of aromatic nitrogens is 1. The van der Waals surface area contributed by atoms with Crippen molar-refractivity contribution in [1.29, 1.82) is 0 Å². The third kappa shape index (κ3) is 9.41. The highest BCUT2D eigenvalue weighted by Crippen LogP contribution is 2.55. The van der Waals surface area contributed by atoms with Crippen molar-refractivity contribution in [3.05, 3.63) is 339 Å². The van der Waals surface area contributed by atoms with Gasteiger partial charge in [-0.1, -0.05) is 321 Å². The molecule has 0 bridgehead atoms. The van der Waals surface area contributed by atoms with Gasteiger partial charge >= 0.3 is 0 Å². The maximum atomic E-state index is 2.70. The van der Waals surface area contributed by atoms with Gasteiger partial charge in [0, 0.05) is 55.8 Å². The second-order valence-corrected chi connectivity index (χ2v) is 29.6. The summed E-state index contributed by atoms with van der Waals surface area (Å²) in [5.74, 6) is 0. The van der Waals surface area contributed by atoms with Crippen molar-refractivity contribution in [2.24, 2.45) is 0 Å². The lowest BCUT2D eigenvalue weighted by Gasteiger charge is -2.46. The number of rotatable bonds is 9. The molecular weight excluding hydrogens is 1210 g/mol. The number of benzene rings is 16. The first-order valence-corrected chi connectivity index (χ1v) is 35.3. The van der Waals surface area contributed by atoms with Crippen molar-refractivity contribution in [2.75, 3.05) is 9.80 Å². The molecule has 19 rings (SSSR count). The highest BCUT2D eigenvalue weighted by atomic mass is 15.2. The van der Waals surface area contributed by atoms with Crippen LogP contribution in [-0.4, -0.2) is 11.3 Å². The van der Waals surface area contributed by atoms with E-state index < -0.39 is 0 Å². The predicted octanol–water partition coefficient (Wildman–Crippen LogP) is 24.4. The summed E-state index contributed by atoms with van der Waals surface area (Å²) in [5.41, 5.74) is 30.2. The van der Waals surface area contributed by atoms with Crippen molar-refractivity contribution in [3.63, 3.8) is 0 Å². The summed E-state index contributed by atoms with van der Waals surface area (Å²) in [6.45, 7) is 13.8. The van der Waals surface area contributed by atoms with Gasteiger partial charge in [-0.2, -0.15) is 0 Å². The first kappa shape index (κ1) is 59.3. The van der Waals surface area contributed by atoms with E-state index in [4.69, 9.17) is 0 Å². The molecule has 0 N–H and O–H groups in total. The molecule has 3 nitrogen and oxygen atoms in total. The number of nitrogens with zero attached hydrogens (tertiary/aromatic N) is 3. The monoisotopic (exact) mass is 1280 g/mol. The summed E-state index contributed by atoms with van der Waals surface area (Å²) in [7, 11) is 0. The molecule has 474 valence electrons. The fourth-order valence-electron chi connectivity index (χ4n) is 16.8. The summed E-state index contributed by atoms with van der Waals surface area (Å²) in [6, 6.07) is 124. The SMILES string of the molecule is CC(C)(C)c1cc2ccc3cc(C(C)(C)C)cc4c(-c5ccc6c(c5)B5c7cc(-c8ccccc8)ccc7N(c7c(-c8ccccc8)cccc7-c7ccccc7)c7cc(-n8c9ccccc9c9ccccc98)cc(c75)N6c5c(-c6ccccc6)cccc5-c5ccccc5)cc(c1)c2c34. The van der Waals surface area contributed by atoms with Gasteiger partial charge in [0.25, 0.3) is 6.71 Å². The lowest BCUT2D eigenvalue weighted by Crippen LogP contribution is -2.61. The van der Waals surface area contributed by atoms with E-state index in [0.29, 0.717) is 0 Å². The van der Waals surface area contributed by atoms with Crippen LogP contribution in [0.15, 0.2) is 328 Å². The van der Waals surface area contributed by atoms with Gasteiger partial charge in [0.05, 0.1) is 28.1 Å². The zero-order valence-electron chi connectivity index (χ0n) is 57.1. The largest absolute Gasteiger partial charge is 0.310 e. The van der Waals surface area contributed by atoms with Crippen LogP contribution in [0.3, 0.4) is 0 Å². The molecule has 1 aromatic heterocycles. The second kappa shape index (κ2) is 22.8. The van der Waals surface area contributed by atoms with Gasteiger partial charge in [-0.25, -0.2) is 0 Å². The molecule has 2 aliphatic rings. The molecule has 4 heteroatoms. The molecule has 0 saturated heterocycles. The number of hydrogen-bond donors (Lipinski definition) is 0. The molecule has 2 aliphatic heterocycles. The maximum Gasteiger partial charge on any atom is 0.252 e. The highest BCUT2D eigenvalue weighted by molar-refractivity contribution is 7.00. The van der Waals surface area contributed by atoms with Gasteiger partial charge in [-0.05, 0) is 164 Å². The molecule has 17 aromatic rings. The Balaban J connectivity index is 1.01. The Kier molecular flexibility index (Phi) is 13.5. The third-order valence-electron chi connectivity index (χ3n) is 21.5. The molecule has 0 aliphatic carbocycles. The van der Waals surface area contributed by atoms with Crippen LogP contribution in [0.4, 0.5) is 34.1 Å². The first-order valence-electron chi connectivity index (χ1n) is 35.3. The van der Waals surface area contributed by atoms with Gasteiger partial charge in [0.2, 0.25) is 0 Å². The van der Waals surface area contributed by atoms with Crippen LogP contribution in [0, 0.1) is 0 Å². The van der Waals surface area contributed by atoms with E-state index in [1.165, 1.54) is 92.9 Å². The van der Waals surface area contributed by atoms with Crippen molar-refractivity contribution in [1.82, 2.24) is 4.57 Å². The molecule has 0 radical (unpaired) electrons. The maximum absolute atomic E-state index is 2.70. The number of para-hydroxylation sites is 4. The van der Waals surface area contributed by atoms with E-state index in [1.54, 1.807) is 0 Å². The van der Waals surface area contributed by atoms with Gasteiger partial charge < -0.3 is 14.4 Å². The zero-order chi connectivity index (χ0) is 67.1. The number of anilines is 6. The minimum atomic E-state index is -0.278. The van der Waals surface area contributed by atoms with Crippen LogP contribution in [-0.2, 0) is 10.8 Å². The Labute approximate surface area is 585 Å². The normalized spacial score (nSPS) is 12.8. The molecule has 16 aromatic carbocycles. The first-order chi connectivity index (χ1) is 48.9. The number of hydrogen-bond acceptors (Lipinski definition) is 2. The fraction of sp³-hybridized carbons (Fsp3) is 0.0833. The van der Waals surface area contributed by atoms with Crippen molar-refractivity contribution >= 4 is 111 Å². The predicted molar refractivity (Wildman–Crippen MR) is 429 cm³/mol. The van der Waals surface area contributed by atoms with Gasteiger partial charge in [-0.15, -0.1) is 0 Å². The van der Waals surface area contributed by atoms with Crippen LogP contribution in [0.2, 0.25) is 0 Å². The summed E-state index contributed by atoms with van der Waals surface area (Å²) >= 11 is 0. The Hall–Kier alpha value is -12.0. The van der Waals surface area contributed by atoms with E-state index in [9.17, 15) is 0 Å². The van der Waals surface area contributed by atoms with Crippen LogP contribution in [0.5, 0.6) is 0 Å². The standard InChI is InChI=1S/C96H72BN3/c1-95(2,3)71-52-68-46-47-69-53-72(96(4,5)6)58-81-80(55-70(54-71)90(68)91(69)81)67-49-51-87-83(57-67)97-82-56-66(61-28-12-7-13-29-61)48-50-86(82)99(93-74(62-30-14-8-15-31-62)40-26-41-75(93)63-32-16-9-17-33-63)88-59-73(98-84-44-24-22-38-78(84)79-39-23-25-45-85(79)98)60-89(92(88)97)100(87)94-76(64-34-18-10-19-35-64)42-27-43-77(94)65-36-20-11-21-37-65/h7-60H,1-6H3. The molecule has 0 unspecified atom stereocenters. The Morgan fingerprint density at radius 1 is 0.260 bits per heavy atom. The molecule has 0 fully saturated rings. The van der Waals surface area contributed by atoms with E-state index in [0.717, 1.165) is 95.4 Å². The Morgan fingerprint density at radius 3 is 1.11 bits per heavy atom. The lowest BCUT2D eigenvalue weighted by molar-refractivity contribution is 0.591. The van der Waals surface area contributed by atoms with E-state index >= 15 is 0 Å². The van der Waals surface area contributed by atoms with E-state index in [2.05, 4.69) is 383 Å². The van der Waals surface area contributed by atoms with Gasteiger partial charge in [-0.3, -0.25) is 0 Å². The van der Waals surface area contributed by atoms with Gasteiger partial charge in [0.1, 0.15) is 0 Å². The van der Waals surface area contributed by atoms with Crippen LogP contribution in [0.25, 0.3) is 127 Å². The van der Waals surface area contributed by atoms with Crippen molar-refractivity contribution < 1.29 is 0 Å². The van der Waals surface area contributed by atoms with Gasteiger partial charge in [0.15, 0.2) is 0 Å². The average Bonchev–Trinajstić information content (AvgIpc) is 0.796. The molecule has 3 heterocycles. The van der Waals surface area contributed by atoms with Crippen LogP contribution >= 0.6 is 0 Å². The molecular formula is C96H72BN3. The molecule has 0 spiro atoms. The average molecular weight is 1280 g/mol. The minimum Gasteiger partial charge on any atom is -0.310 e. The Bertz CT molecular complexity index is 5910. The fourth-order valence-corrected chi connectivity index (χ4v) is 16.8. The number of fused-ring (bicyclic) bond motifs is 7. The molecule has 0 saturated carbocycles. The van der Waals surface area contributed by atoms with E-state index in [1.807, 2.05) is 0 Å². The quantitative estimate of drug-likeness (QED) is 0.105. The molecule has 0 atom stereocenters. The summed E-state index contributed by atoms with van der Waals surface area (Å²) in [4.78, 5) is 5.37. The smallest absolute Gasteiger partial charge is 0.252 e. The molecule has 100 heavy (non-hydrogen) atoms. The van der Waals surface area contributed by atoms with Crippen molar-refractivity contribution in [3.8, 4) is 72.4 Å². The zero-order valence-corrected chi connectivity index (χ0v) is 57.1. The lowest BCUT2D eigenvalue weighted by atomic mass is 9.33. The third-order valence-corrected chi connectivity index (χ3v) is 21.5. The van der Waals surface area contributed by atoms with Crippen LogP contribution < -0.4 is 26.2 Å². The van der Waals surface area contributed by atoms with Crippen molar-refractivity contribution in [2.45, 2.75) is 52.4 Å². The summed E-state index contributed by atoms with van der Waals surface area (Å²) in [5, 5.41) is 10.2. The minimum absolute atomic E-state index is 0.0647. The summed E-state index contributed by atoms with van der Waals surface area (Å²) in [6.07, 6.45) is 0. The summed E-state index contributed by atoms with van der Waals surface area (Å²) < 4.78 is 2.54. The van der Waals surface area contributed by atoms with E-state index in [-0.39, 0.29) is 17.5 Å². The van der Waals surface area contributed by atoms with Crippen LogP contribution in [0.1, 0.15) is 52.7 Å².